The second-order valence-corrected chi connectivity index (χ2v) is 12.1. The number of carbonyl (C=O) groups excluding carboxylic acids is 1. The van der Waals surface area contributed by atoms with E-state index < -0.39 is 10.0 Å². The van der Waals surface area contributed by atoms with Crippen LogP contribution in [0, 0.1) is 30.6 Å². The van der Waals surface area contributed by atoms with Gasteiger partial charge in [-0.3, -0.25) is 4.79 Å². The van der Waals surface area contributed by atoms with Crippen LogP contribution < -0.4 is 5.32 Å². The molecular weight excluding hydrogens is 408 g/mol. The molecular formula is C25H38N2O3S. The fourth-order valence-electron chi connectivity index (χ4n) is 6.11. The number of nitrogens with one attached hydrogen (secondary N) is 1. The first-order valence-electron chi connectivity index (χ1n) is 12.2. The number of amides is 1. The molecule has 1 aliphatic heterocycles. The Bertz CT molecular complexity index is 879. The van der Waals surface area contributed by atoms with Crippen molar-refractivity contribution in [2.75, 3.05) is 13.1 Å². The maximum atomic E-state index is 13.2. The Kier molecular flexibility index (Phi) is 7.07. The number of rotatable bonds is 7. The van der Waals surface area contributed by atoms with Gasteiger partial charge in [0.1, 0.15) is 0 Å². The predicted octanol–water partition coefficient (Wildman–Crippen LogP) is 4.51. The summed E-state index contributed by atoms with van der Waals surface area (Å²) in [6, 6.07) is 7.12. The van der Waals surface area contributed by atoms with Crippen molar-refractivity contribution in [1.82, 2.24) is 9.62 Å². The number of benzene rings is 1. The van der Waals surface area contributed by atoms with Crippen molar-refractivity contribution in [3.05, 3.63) is 29.8 Å². The van der Waals surface area contributed by atoms with Gasteiger partial charge in [0.2, 0.25) is 15.9 Å². The average Bonchev–Trinajstić information content (AvgIpc) is 3.16. The maximum absolute atomic E-state index is 13.2. The number of fused-ring (bicyclic) bond motifs is 4. The summed E-state index contributed by atoms with van der Waals surface area (Å²) in [6.07, 6.45) is 9.58. The monoisotopic (exact) mass is 446 g/mol. The van der Waals surface area contributed by atoms with E-state index in [1.54, 1.807) is 22.5 Å². The molecule has 3 atom stereocenters. The number of sulfonamides is 1. The van der Waals surface area contributed by atoms with E-state index in [4.69, 9.17) is 0 Å². The Balaban J connectivity index is 1.32. The second-order valence-electron chi connectivity index (χ2n) is 10.2. The minimum absolute atomic E-state index is 0.0288. The Hall–Kier alpha value is -1.40. The van der Waals surface area contributed by atoms with Crippen molar-refractivity contribution in [2.45, 2.75) is 82.6 Å². The molecule has 1 aromatic carbocycles. The number of nitrogens with zero attached hydrogens (tertiary/aromatic N) is 1. The minimum atomic E-state index is -3.48. The fourth-order valence-corrected chi connectivity index (χ4v) is 7.94. The van der Waals surface area contributed by atoms with Crippen LogP contribution in [0.1, 0.15) is 70.3 Å². The molecule has 31 heavy (non-hydrogen) atoms. The third-order valence-corrected chi connectivity index (χ3v) is 9.83. The molecule has 1 saturated heterocycles. The number of hydrogen-bond acceptors (Lipinski definition) is 3. The van der Waals surface area contributed by atoms with Crippen molar-refractivity contribution < 1.29 is 13.2 Å². The average molecular weight is 447 g/mol. The summed E-state index contributed by atoms with van der Waals surface area (Å²) in [5.41, 5.74) is 0.950. The number of hydrogen-bond donors (Lipinski definition) is 1. The molecule has 1 N–H and O–H groups in total. The second kappa shape index (κ2) is 9.62. The highest BCUT2D eigenvalue weighted by Crippen LogP contribution is 2.46. The molecule has 1 heterocycles. The quantitative estimate of drug-likeness (QED) is 0.670. The highest BCUT2D eigenvalue weighted by molar-refractivity contribution is 7.89. The molecule has 0 aromatic heterocycles. The van der Waals surface area contributed by atoms with E-state index in [9.17, 15) is 13.2 Å². The first kappa shape index (κ1) is 22.8. The SMILES string of the molecule is CC[C@H]1CC2CC(C2)C[C@H](C(=O)NCCC2CCCN2S(=O)(=O)c2cccc(C)c2)C1. The first-order chi connectivity index (χ1) is 14.9. The van der Waals surface area contributed by atoms with Gasteiger partial charge >= 0.3 is 0 Å². The van der Waals surface area contributed by atoms with Crippen LogP contribution in [-0.2, 0) is 14.8 Å². The normalized spacial score (nSPS) is 31.5. The number of aryl methyl sites for hydroxylation is 1. The summed E-state index contributed by atoms with van der Waals surface area (Å²) < 4.78 is 28.0. The van der Waals surface area contributed by atoms with Gasteiger partial charge in [0.15, 0.2) is 0 Å². The lowest BCUT2D eigenvalue weighted by molar-refractivity contribution is -0.127. The summed E-state index contributed by atoms with van der Waals surface area (Å²) >= 11 is 0. The Morgan fingerprint density at radius 2 is 1.90 bits per heavy atom. The van der Waals surface area contributed by atoms with Gasteiger partial charge in [0.25, 0.3) is 0 Å². The summed E-state index contributed by atoms with van der Waals surface area (Å²) in [5, 5.41) is 3.17. The maximum Gasteiger partial charge on any atom is 0.243 e. The molecule has 1 amide bonds. The van der Waals surface area contributed by atoms with Gasteiger partial charge in [0.05, 0.1) is 4.90 Å². The van der Waals surface area contributed by atoms with Crippen LogP contribution in [0.2, 0.25) is 0 Å². The van der Waals surface area contributed by atoms with E-state index in [1.807, 2.05) is 13.0 Å². The molecule has 1 unspecified atom stereocenters. The molecule has 4 aliphatic rings. The molecule has 0 radical (unpaired) electrons. The van der Waals surface area contributed by atoms with Crippen molar-refractivity contribution >= 4 is 15.9 Å². The van der Waals surface area contributed by atoms with Crippen LogP contribution in [-0.4, -0.2) is 37.8 Å². The molecule has 2 bridgehead atoms. The van der Waals surface area contributed by atoms with Crippen LogP contribution >= 0.6 is 0 Å². The van der Waals surface area contributed by atoms with E-state index in [0.29, 0.717) is 30.3 Å². The molecule has 1 aromatic rings. The van der Waals surface area contributed by atoms with Crippen molar-refractivity contribution in [3.63, 3.8) is 0 Å². The van der Waals surface area contributed by atoms with Crippen LogP contribution in [0.5, 0.6) is 0 Å². The van der Waals surface area contributed by atoms with Crippen LogP contribution in [0.4, 0.5) is 0 Å². The van der Waals surface area contributed by atoms with E-state index in [-0.39, 0.29) is 17.9 Å². The first-order valence-corrected chi connectivity index (χ1v) is 13.7. The summed E-state index contributed by atoms with van der Waals surface area (Å²) in [4.78, 5) is 13.3. The van der Waals surface area contributed by atoms with Crippen molar-refractivity contribution in [2.24, 2.45) is 23.7 Å². The van der Waals surface area contributed by atoms with Crippen LogP contribution in [0.25, 0.3) is 0 Å². The highest BCUT2D eigenvalue weighted by Gasteiger charge is 2.38. The van der Waals surface area contributed by atoms with E-state index >= 15 is 0 Å². The third-order valence-electron chi connectivity index (χ3n) is 7.88. The largest absolute Gasteiger partial charge is 0.356 e. The summed E-state index contributed by atoms with van der Waals surface area (Å²) in [6.45, 7) is 5.29. The lowest BCUT2D eigenvalue weighted by Gasteiger charge is -2.42. The Morgan fingerprint density at radius 1 is 1.13 bits per heavy atom. The lowest BCUT2D eigenvalue weighted by Crippen LogP contribution is -2.41. The zero-order chi connectivity index (χ0) is 22.0. The minimum Gasteiger partial charge on any atom is -0.356 e. The van der Waals surface area contributed by atoms with Crippen molar-refractivity contribution in [1.29, 1.82) is 0 Å². The Morgan fingerprint density at radius 3 is 2.65 bits per heavy atom. The van der Waals surface area contributed by atoms with Crippen LogP contribution in [0.3, 0.4) is 0 Å². The van der Waals surface area contributed by atoms with Gasteiger partial charge in [-0.2, -0.15) is 4.31 Å². The van der Waals surface area contributed by atoms with E-state index in [1.165, 1.54) is 25.7 Å². The van der Waals surface area contributed by atoms with Gasteiger partial charge in [-0.05, 0) is 93.7 Å². The molecule has 6 heteroatoms. The van der Waals surface area contributed by atoms with Gasteiger partial charge in [0, 0.05) is 25.0 Å². The van der Waals surface area contributed by atoms with Gasteiger partial charge in [-0.15, -0.1) is 0 Å². The summed E-state index contributed by atoms with van der Waals surface area (Å²) in [7, 11) is -3.48. The molecule has 5 rings (SSSR count). The molecule has 4 fully saturated rings. The predicted molar refractivity (Wildman–Crippen MR) is 123 cm³/mol. The van der Waals surface area contributed by atoms with Crippen LogP contribution in [0.15, 0.2) is 29.2 Å². The van der Waals surface area contributed by atoms with E-state index in [2.05, 4.69) is 12.2 Å². The molecule has 5 nitrogen and oxygen atoms in total. The third kappa shape index (κ3) is 5.16. The standard InChI is InChI=1S/C25H38N2O3S/c1-3-19-13-20-14-21(15-20)17-22(16-19)25(28)26-10-9-23-7-5-11-27(23)31(29,30)24-8-4-6-18(2)12-24/h4,6,8,12,19-23H,3,5,7,9-11,13-17H2,1-2H3,(H,26,28)/t19-,20?,21?,22+,23?/m0/s1. The smallest absolute Gasteiger partial charge is 0.243 e. The van der Waals surface area contributed by atoms with Crippen molar-refractivity contribution in [3.8, 4) is 0 Å². The molecule has 0 spiro atoms. The zero-order valence-electron chi connectivity index (χ0n) is 19.1. The molecule has 172 valence electrons. The van der Waals surface area contributed by atoms with Gasteiger partial charge < -0.3 is 5.32 Å². The molecule has 3 saturated carbocycles. The fraction of sp³-hybridized carbons (Fsp3) is 0.720. The lowest BCUT2D eigenvalue weighted by atomic mass is 9.63. The van der Waals surface area contributed by atoms with E-state index in [0.717, 1.165) is 43.1 Å². The highest BCUT2D eigenvalue weighted by atomic mass is 32.2. The Labute approximate surface area is 188 Å². The topological polar surface area (TPSA) is 66.5 Å². The molecule has 3 aliphatic carbocycles. The summed E-state index contributed by atoms with van der Waals surface area (Å²) in [5.74, 6) is 2.64. The zero-order valence-corrected chi connectivity index (χ0v) is 19.9. The van der Waals surface area contributed by atoms with Gasteiger partial charge in [-0.25, -0.2) is 8.42 Å². The number of carbonyl (C=O) groups is 1. The van der Waals surface area contributed by atoms with Gasteiger partial charge in [-0.1, -0.05) is 25.5 Å².